The quantitative estimate of drug-likeness (QED) is 0.508. The molecule has 1 heterocycles. The Labute approximate surface area is 159 Å². The largest absolute Gasteiger partial charge is 0.492 e. The number of ether oxygens (including phenoxy) is 1. The Hall–Kier alpha value is -3.58. The maximum absolute atomic E-state index is 8.99. The van der Waals surface area contributed by atoms with Gasteiger partial charge in [0.25, 0.3) is 0 Å². The first-order valence-corrected chi connectivity index (χ1v) is 8.74. The minimum absolute atomic E-state index is 0.272. The zero-order valence-electron chi connectivity index (χ0n) is 14.6. The molecule has 0 saturated carbocycles. The van der Waals surface area contributed by atoms with Crippen LogP contribution in [0.4, 0.5) is 0 Å². The number of rotatable bonds is 5. The normalized spacial score (nSPS) is 11.5. The molecular weight excluding hydrogens is 331 g/mol. The smallest absolute Gasteiger partial charge is 0.212 e. The molecule has 0 aliphatic heterocycles. The highest BCUT2D eigenvalue weighted by Crippen LogP contribution is 2.27. The van der Waals surface area contributed by atoms with E-state index in [9.17, 15) is 0 Å². The summed E-state index contributed by atoms with van der Waals surface area (Å²) in [5, 5.41) is 10.0. The summed E-state index contributed by atoms with van der Waals surface area (Å²) < 4.78 is 6.39. The molecule has 1 atom stereocenters. The predicted octanol–water partition coefficient (Wildman–Crippen LogP) is 4.21. The number of fused-ring (bicyclic) bond motifs is 1. The lowest BCUT2D eigenvalue weighted by Gasteiger charge is -2.20. The first-order valence-electron chi connectivity index (χ1n) is 8.74. The molecule has 0 spiro atoms. The third-order valence-corrected chi connectivity index (χ3v) is 4.36. The molecule has 1 unspecified atom stereocenters. The number of aromatic nitrogens is 1. The fourth-order valence-corrected chi connectivity index (χ4v) is 2.99. The third-order valence-electron chi connectivity index (χ3n) is 4.36. The molecular formula is C23H16BN2O. The number of hydrogen-bond acceptors (Lipinski definition) is 3. The Morgan fingerprint density at radius 1 is 0.852 bits per heavy atom. The number of pyridine rings is 1. The van der Waals surface area contributed by atoms with E-state index in [1.807, 2.05) is 84.9 Å². The van der Waals surface area contributed by atoms with Gasteiger partial charge >= 0.3 is 0 Å². The fraction of sp³-hybridized carbons (Fsp3) is 0.0435. The van der Waals surface area contributed by atoms with E-state index in [2.05, 4.69) is 18.3 Å². The Balaban J connectivity index is 1.68. The second kappa shape index (κ2) is 7.76. The average Bonchev–Trinajstić information content (AvgIpc) is 2.74. The van der Waals surface area contributed by atoms with Gasteiger partial charge in [0.1, 0.15) is 11.3 Å². The van der Waals surface area contributed by atoms with Gasteiger partial charge in [-0.15, -0.1) is 0 Å². The van der Waals surface area contributed by atoms with Crippen LogP contribution >= 0.6 is 0 Å². The van der Waals surface area contributed by atoms with Crippen LogP contribution in [-0.2, 0) is 0 Å². The zero-order chi connectivity index (χ0) is 18.5. The number of hydrogen-bond donors (Lipinski definition) is 0. The first-order chi connectivity index (χ1) is 13.3. The van der Waals surface area contributed by atoms with Crippen molar-refractivity contribution in [2.24, 2.45) is 0 Å². The third kappa shape index (κ3) is 3.83. The van der Waals surface area contributed by atoms with Gasteiger partial charge in [0, 0.05) is 11.6 Å². The Morgan fingerprint density at radius 3 is 2.41 bits per heavy atom. The molecule has 1 aromatic heterocycles. The van der Waals surface area contributed by atoms with E-state index < -0.39 is 0 Å². The van der Waals surface area contributed by atoms with Gasteiger partial charge in [-0.1, -0.05) is 66.1 Å². The molecule has 127 valence electrons. The van der Waals surface area contributed by atoms with Crippen LogP contribution in [0, 0.1) is 11.3 Å². The molecule has 0 aliphatic rings. The molecule has 4 rings (SSSR count). The first kappa shape index (κ1) is 16.9. The van der Waals surface area contributed by atoms with Crippen molar-refractivity contribution in [2.45, 2.75) is 6.00 Å². The van der Waals surface area contributed by atoms with E-state index >= 15 is 0 Å². The minimum atomic E-state index is -0.272. The fourth-order valence-electron chi connectivity index (χ4n) is 2.99. The lowest BCUT2D eigenvalue weighted by molar-refractivity contribution is 0.288. The van der Waals surface area contributed by atoms with Crippen LogP contribution in [-0.4, -0.2) is 12.3 Å². The summed E-state index contributed by atoms with van der Waals surface area (Å²) in [7, 11) is 2.05. The summed E-state index contributed by atoms with van der Waals surface area (Å²) in [5.74, 6) is 0.742. The van der Waals surface area contributed by atoms with Crippen molar-refractivity contribution in [1.82, 2.24) is 4.98 Å². The number of nitriles is 1. The van der Waals surface area contributed by atoms with Crippen LogP contribution in [0.2, 0.25) is 0 Å². The predicted molar refractivity (Wildman–Crippen MR) is 108 cm³/mol. The van der Waals surface area contributed by atoms with Crippen molar-refractivity contribution >= 4 is 23.6 Å². The molecule has 0 saturated heterocycles. The molecule has 3 aromatic carbocycles. The molecule has 27 heavy (non-hydrogen) atoms. The van der Waals surface area contributed by atoms with E-state index in [1.54, 1.807) is 6.20 Å². The highest BCUT2D eigenvalue weighted by Gasteiger charge is 2.17. The van der Waals surface area contributed by atoms with Crippen LogP contribution < -0.4 is 10.2 Å². The summed E-state index contributed by atoms with van der Waals surface area (Å²) in [6.45, 7) is 0. The van der Waals surface area contributed by atoms with Crippen molar-refractivity contribution in [3.63, 3.8) is 0 Å². The topological polar surface area (TPSA) is 45.9 Å². The molecule has 4 aromatic rings. The van der Waals surface area contributed by atoms with Gasteiger partial charge in [0.2, 0.25) is 7.28 Å². The highest BCUT2D eigenvalue weighted by atomic mass is 16.5. The van der Waals surface area contributed by atoms with E-state index in [4.69, 9.17) is 10.00 Å². The van der Waals surface area contributed by atoms with Crippen molar-refractivity contribution in [3.8, 4) is 11.8 Å². The van der Waals surface area contributed by atoms with Crippen LogP contribution in [0.1, 0.15) is 17.1 Å². The lowest BCUT2D eigenvalue weighted by Crippen LogP contribution is -2.26. The van der Waals surface area contributed by atoms with Crippen molar-refractivity contribution < 1.29 is 4.74 Å². The standard InChI is InChI=1S/C23H16BN2O/c25-16-17-11-13-20(14-12-17)24-23(19-6-2-1-3-7-19)27-21-10-4-8-18-9-5-15-26-22(18)21/h1-15,23H. The van der Waals surface area contributed by atoms with Gasteiger partial charge in [-0.3, -0.25) is 4.98 Å². The van der Waals surface area contributed by atoms with E-state index in [1.165, 1.54) is 0 Å². The second-order valence-electron chi connectivity index (χ2n) is 6.18. The summed E-state index contributed by atoms with van der Waals surface area (Å²) >= 11 is 0. The second-order valence-corrected chi connectivity index (χ2v) is 6.18. The molecule has 0 fully saturated rings. The highest BCUT2D eigenvalue weighted by molar-refractivity contribution is 6.54. The maximum atomic E-state index is 8.99. The SMILES string of the molecule is N#Cc1ccc([B]C(Oc2cccc3cccnc23)c2ccccc2)cc1. The summed E-state index contributed by atoms with van der Waals surface area (Å²) in [4.78, 5) is 4.48. The Morgan fingerprint density at radius 2 is 1.63 bits per heavy atom. The van der Waals surface area contributed by atoms with E-state index in [0.29, 0.717) is 5.56 Å². The van der Waals surface area contributed by atoms with Gasteiger partial charge < -0.3 is 4.74 Å². The summed E-state index contributed by atoms with van der Waals surface area (Å²) in [5.41, 5.74) is 3.53. The van der Waals surface area contributed by atoms with Crippen LogP contribution in [0.3, 0.4) is 0 Å². The molecule has 3 nitrogen and oxygen atoms in total. The minimum Gasteiger partial charge on any atom is -0.492 e. The molecule has 0 aliphatic carbocycles. The van der Waals surface area contributed by atoms with E-state index in [0.717, 1.165) is 27.7 Å². The average molecular weight is 347 g/mol. The Kier molecular flexibility index (Phi) is 4.85. The van der Waals surface area contributed by atoms with Gasteiger partial charge in [-0.25, -0.2) is 0 Å². The number of para-hydroxylation sites is 1. The van der Waals surface area contributed by atoms with Gasteiger partial charge in [-0.2, -0.15) is 5.26 Å². The van der Waals surface area contributed by atoms with E-state index in [-0.39, 0.29) is 6.00 Å². The molecule has 0 bridgehead atoms. The van der Waals surface area contributed by atoms with Gasteiger partial charge in [0.05, 0.1) is 17.6 Å². The monoisotopic (exact) mass is 347 g/mol. The van der Waals surface area contributed by atoms with Gasteiger partial charge in [-0.05, 0) is 29.8 Å². The van der Waals surface area contributed by atoms with Crippen LogP contribution in [0.25, 0.3) is 10.9 Å². The molecule has 4 heteroatoms. The van der Waals surface area contributed by atoms with Crippen LogP contribution in [0.15, 0.2) is 91.1 Å². The maximum Gasteiger partial charge on any atom is 0.212 e. The molecule has 1 radical (unpaired) electrons. The van der Waals surface area contributed by atoms with Crippen LogP contribution in [0.5, 0.6) is 5.75 Å². The Bertz CT molecular complexity index is 1080. The summed E-state index contributed by atoms with van der Waals surface area (Å²) in [6.07, 6.45) is 1.77. The van der Waals surface area contributed by atoms with Gasteiger partial charge in [0.15, 0.2) is 0 Å². The lowest BCUT2D eigenvalue weighted by atomic mass is 9.62. The van der Waals surface area contributed by atoms with Crippen molar-refractivity contribution in [2.75, 3.05) is 0 Å². The number of nitrogens with zero attached hydrogens (tertiary/aromatic N) is 2. The number of benzene rings is 3. The summed E-state index contributed by atoms with van der Waals surface area (Å²) in [6, 6.07) is 29.3. The molecule has 0 N–H and O–H groups in total. The van der Waals surface area contributed by atoms with Crippen molar-refractivity contribution in [1.29, 1.82) is 5.26 Å². The molecule has 0 amide bonds. The zero-order valence-corrected chi connectivity index (χ0v) is 14.6. The van der Waals surface area contributed by atoms with Crippen molar-refractivity contribution in [3.05, 3.63) is 102 Å².